The molecule has 1 aromatic rings. The monoisotopic (exact) mass is 209 g/mol. The van der Waals surface area contributed by atoms with Gasteiger partial charge in [0.25, 0.3) is 0 Å². The maximum Gasteiger partial charge on any atom is 0.203 e. The van der Waals surface area contributed by atoms with Crippen molar-refractivity contribution in [1.29, 1.82) is 0 Å². The fraction of sp³-hybridized carbons (Fsp3) is 0.455. The molecule has 0 spiro atoms. The Labute approximate surface area is 89.1 Å². The standard InChI is InChI=1S/C11H15NO3/c1-13-9-4-7-5-12-6-8(7)10(14-2)11(9)15-3/h4,12H,5-6H2,1-3H3. The van der Waals surface area contributed by atoms with Gasteiger partial charge in [-0.3, -0.25) is 0 Å². The maximum absolute atomic E-state index is 5.38. The third kappa shape index (κ3) is 1.51. The molecule has 1 heterocycles. The predicted molar refractivity (Wildman–Crippen MR) is 56.6 cm³/mol. The highest BCUT2D eigenvalue weighted by Crippen LogP contribution is 2.43. The largest absolute Gasteiger partial charge is 0.493 e. The Balaban J connectivity index is 2.61. The number of nitrogens with one attached hydrogen (secondary N) is 1. The van der Waals surface area contributed by atoms with Crippen LogP contribution in [0.1, 0.15) is 11.1 Å². The topological polar surface area (TPSA) is 39.7 Å². The quantitative estimate of drug-likeness (QED) is 0.815. The number of benzene rings is 1. The molecule has 0 aromatic heterocycles. The molecule has 1 aliphatic heterocycles. The normalized spacial score (nSPS) is 13.5. The van der Waals surface area contributed by atoms with Crippen LogP contribution in [-0.2, 0) is 13.1 Å². The Morgan fingerprint density at radius 2 is 1.73 bits per heavy atom. The summed E-state index contributed by atoms with van der Waals surface area (Å²) in [5, 5.41) is 3.27. The Hall–Kier alpha value is -1.42. The van der Waals surface area contributed by atoms with Crippen LogP contribution < -0.4 is 19.5 Å². The average molecular weight is 209 g/mol. The van der Waals surface area contributed by atoms with Crippen LogP contribution in [0.5, 0.6) is 17.2 Å². The summed E-state index contributed by atoms with van der Waals surface area (Å²) in [5.41, 5.74) is 2.37. The van der Waals surface area contributed by atoms with Gasteiger partial charge in [0.1, 0.15) is 0 Å². The van der Waals surface area contributed by atoms with Crippen LogP contribution in [0.2, 0.25) is 0 Å². The van der Waals surface area contributed by atoms with Crippen molar-refractivity contribution in [2.75, 3.05) is 21.3 Å². The van der Waals surface area contributed by atoms with Gasteiger partial charge in [-0.2, -0.15) is 0 Å². The first kappa shape index (κ1) is 10.1. The number of hydrogen-bond donors (Lipinski definition) is 1. The van der Waals surface area contributed by atoms with E-state index in [1.54, 1.807) is 21.3 Å². The molecule has 1 aliphatic rings. The predicted octanol–water partition coefficient (Wildman–Crippen LogP) is 1.32. The van der Waals surface area contributed by atoms with Gasteiger partial charge in [-0.05, 0) is 11.6 Å². The van der Waals surface area contributed by atoms with Gasteiger partial charge in [-0.15, -0.1) is 0 Å². The van der Waals surface area contributed by atoms with Gasteiger partial charge in [-0.25, -0.2) is 0 Å². The highest BCUT2D eigenvalue weighted by molar-refractivity contribution is 5.60. The molecule has 0 saturated carbocycles. The molecule has 0 bridgehead atoms. The lowest BCUT2D eigenvalue weighted by molar-refractivity contribution is 0.322. The second-order valence-electron chi connectivity index (χ2n) is 3.39. The average Bonchev–Trinajstić information content (AvgIpc) is 2.73. The van der Waals surface area contributed by atoms with Gasteiger partial charge < -0.3 is 19.5 Å². The number of ether oxygens (including phenoxy) is 3. The van der Waals surface area contributed by atoms with Gasteiger partial charge in [0.05, 0.1) is 21.3 Å². The molecule has 0 amide bonds. The fourth-order valence-electron chi connectivity index (χ4n) is 1.94. The lowest BCUT2D eigenvalue weighted by Crippen LogP contribution is -2.01. The Morgan fingerprint density at radius 1 is 1.00 bits per heavy atom. The molecule has 1 aromatic carbocycles. The maximum atomic E-state index is 5.38. The van der Waals surface area contributed by atoms with Crippen LogP contribution in [-0.4, -0.2) is 21.3 Å². The van der Waals surface area contributed by atoms with Crippen molar-refractivity contribution >= 4 is 0 Å². The molecule has 2 rings (SSSR count). The summed E-state index contributed by atoms with van der Waals surface area (Å²) in [6.07, 6.45) is 0. The van der Waals surface area contributed by atoms with Crippen molar-refractivity contribution in [3.63, 3.8) is 0 Å². The first-order chi connectivity index (χ1) is 7.31. The van der Waals surface area contributed by atoms with Crippen LogP contribution in [0.4, 0.5) is 0 Å². The second-order valence-corrected chi connectivity index (χ2v) is 3.39. The molecule has 0 aliphatic carbocycles. The van der Waals surface area contributed by atoms with Gasteiger partial charge >= 0.3 is 0 Å². The molecular weight excluding hydrogens is 194 g/mol. The van der Waals surface area contributed by atoms with E-state index in [0.717, 1.165) is 30.2 Å². The zero-order valence-corrected chi connectivity index (χ0v) is 9.22. The van der Waals surface area contributed by atoms with E-state index in [1.165, 1.54) is 5.56 Å². The molecule has 82 valence electrons. The summed E-state index contributed by atoms with van der Waals surface area (Å²) in [7, 11) is 4.90. The highest BCUT2D eigenvalue weighted by Gasteiger charge is 2.22. The van der Waals surface area contributed by atoms with Crippen LogP contribution in [0.3, 0.4) is 0 Å². The van der Waals surface area contributed by atoms with E-state index in [1.807, 2.05) is 6.07 Å². The van der Waals surface area contributed by atoms with Crippen LogP contribution in [0.25, 0.3) is 0 Å². The Morgan fingerprint density at radius 3 is 2.33 bits per heavy atom. The van der Waals surface area contributed by atoms with Gasteiger partial charge in [0.15, 0.2) is 11.5 Å². The lowest BCUT2D eigenvalue weighted by Gasteiger charge is -2.15. The Bertz CT molecular complexity index is 377. The van der Waals surface area contributed by atoms with E-state index in [4.69, 9.17) is 14.2 Å². The lowest BCUT2D eigenvalue weighted by atomic mass is 10.1. The molecule has 0 atom stereocenters. The SMILES string of the molecule is COc1cc2c(c(OC)c1OC)CNC2. The van der Waals surface area contributed by atoms with E-state index in [2.05, 4.69) is 5.32 Å². The van der Waals surface area contributed by atoms with E-state index in [0.29, 0.717) is 5.75 Å². The molecule has 4 nitrogen and oxygen atoms in total. The van der Waals surface area contributed by atoms with Crippen molar-refractivity contribution in [3.8, 4) is 17.2 Å². The summed E-state index contributed by atoms with van der Waals surface area (Å²) in [4.78, 5) is 0. The highest BCUT2D eigenvalue weighted by atomic mass is 16.5. The minimum Gasteiger partial charge on any atom is -0.493 e. The number of hydrogen-bond acceptors (Lipinski definition) is 4. The first-order valence-electron chi connectivity index (χ1n) is 4.83. The summed E-state index contributed by atoms with van der Waals surface area (Å²) in [6.45, 7) is 1.67. The molecule has 0 fully saturated rings. The van der Waals surface area contributed by atoms with E-state index in [9.17, 15) is 0 Å². The van der Waals surface area contributed by atoms with Crippen LogP contribution in [0, 0.1) is 0 Å². The van der Waals surface area contributed by atoms with E-state index < -0.39 is 0 Å². The van der Waals surface area contributed by atoms with E-state index in [-0.39, 0.29) is 0 Å². The smallest absolute Gasteiger partial charge is 0.203 e. The third-order valence-electron chi connectivity index (χ3n) is 2.64. The zero-order valence-electron chi connectivity index (χ0n) is 9.22. The fourth-order valence-corrected chi connectivity index (χ4v) is 1.94. The summed E-state index contributed by atoms with van der Waals surface area (Å²) >= 11 is 0. The summed E-state index contributed by atoms with van der Waals surface area (Å²) < 4.78 is 16.0. The minimum atomic E-state index is 0.669. The minimum absolute atomic E-state index is 0.669. The summed E-state index contributed by atoms with van der Waals surface area (Å²) in [6, 6.07) is 2.00. The van der Waals surface area contributed by atoms with Gasteiger partial charge in [0.2, 0.25) is 5.75 Å². The molecule has 4 heteroatoms. The van der Waals surface area contributed by atoms with Crippen LogP contribution in [0.15, 0.2) is 6.07 Å². The zero-order chi connectivity index (χ0) is 10.8. The molecule has 0 radical (unpaired) electrons. The van der Waals surface area contributed by atoms with Crippen molar-refractivity contribution in [2.45, 2.75) is 13.1 Å². The number of methoxy groups -OCH3 is 3. The Kier molecular flexibility index (Phi) is 2.68. The molecule has 0 unspecified atom stereocenters. The first-order valence-corrected chi connectivity index (χ1v) is 4.83. The second kappa shape index (κ2) is 3.98. The van der Waals surface area contributed by atoms with Crippen LogP contribution >= 0.6 is 0 Å². The molecule has 1 N–H and O–H groups in total. The van der Waals surface area contributed by atoms with Crippen molar-refractivity contribution in [3.05, 3.63) is 17.2 Å². The van der Waals surface area contributed by atoms with Gasteiger partial charge in [-0.1, -0.05) is 0 Å². The number of rotatable bonds is 3. The van der Waals surface area contributed by atoms with Crippen molar-refractivity contribution in [2.24, 2.45) is 0 Å². The summed E-state index contributed by atoms with van der Waals surface area (Å²) in [5.74, 6) is 2.16. The van der Waals surface area contributed by atoms with E-state index >= 15 is 0 Å². The molecular formula is C11H15NO3. The number of fused-ring (bicyclic) bond motifs is 1. The van der Waals surface area contributed by atoms with Crippen molar-refractivity contribution in [1.82, 2.24) is 5.32 Å². The molecule has 15 heavy (non-hydrogen) atoms. The third-order valence-corrected chi connectivity index (χ3v) is 2.64. The van der Waals surface area contributed by atoms with Gasteiger partial charge in [0, 0.05) is 18.7 Å². The molecule has 0 saturated heterocycles. The van der Waals surface area contributed by atoms with Crippen molar-refractivity contribution < 1.29 is 14.2 Å².